The number of carbonyl (C=O) groups excluding carboxylic acids is 1. The molecule has 7 heteroatoms. The third kappa shape index (κ3) is 5.60. The molecule has 0 bridgehead atoms. The zero-order chi connectivity index (χ0) is 25.5. The highest BCUT2D eigenvalue weighted by molar-refractivity contribution is 6.32. The van der Waals surface area contributed by atoms with Crippen LogP contribution in [-0.2, 0) is 11.4 Å². The van der Waals surface area contributed by atoms with Crippen LogP contribution in [0.5, 0.6) is 17.2 Å². The van der Waals surface area contributed by atoms with E-state index in [4.69, 9.17) is 25.8 Å². The van der Waals surface area contributed by atoms with E-state index in [1.54, 1.807) is 43.5 Å². The lowest BCUT2D eigenvalue weighted by Gasteiger charge is -2.14. The molecule has 0 saturated heterocycles. The summed E-state index contributed by atoms with van der Waals surface area (Å²) in [4.78, 5) is 12.7. The molecule has 4 aromatic carbocycles. The number of halogens is 1. The molecule has 6 nitrogen and oxygen atoms in total. The van der Waals surface area contributed by atoms with E-state index < -0.39 is 5.91 Å². The average Bonchev–Trinajstić information content (AvgIpc) is 2.91. The van der Waals surface area contributed by atoms with Gasteiger partial charge in [0.15, 0.2) is 11.5 Å². The zero-order valence-electron chi connectivity index (χ0n) is 19.7. The first-order valence-electron chi connectivity index (χ1n) is 11.1. The number of methoxy groups -OCH3 is 2. The van der Waals surface area contributed by atoms with E-state index in [1.165, 1.54) is 13.2 Å². The molecule has 0 aliphatic heterocycles. The molecule has 180 valence electrons. The van der Waals surface area contributed by atoms with Crippen molar-refractivity contribution in [3.63, 3.8) is 0 Å². The molecule has 0 unspecified atom stereocenters. The summed E-state index contributed by atoms with van der Waals surface area (Å²) in [6, 6.07) is 26.1. The highest BCUT2D eigenvalue weighted by atomic mass is 35.5. The lowest BCUT2D eigenvalue weighted by atomic mass is 10.1. The number of ether oxygens (including phenoxy) is 3. The molecule has 0 atom stereocenters. The van der Waals surface area contributed by atoms with Gasteiger partial charge in [0.1, 0.15) is 24.0 Å². The third-order valence-electron chi connectivity index (χ3n) is 5.53. The van der Waals surface area contributed by atoms with Crippen LogP contribution < -0.4 is 19.5 Å². The fraction of sp³-hybridized carbons (Fsp3) is 0.103. The number of nitrogens with zero attached hydrogens (tertiary/aromatic N) is 1. The van der Waals surface area contributed by atoms with Crippen LogP contribution in [0.1, 0.15) is 11.1 Å². The number of hydrogen-bond acceptors (Lipinski definition) is 5. The number of anilines is 1. The predicted molar refractivity (Wildman–Crippen MR) is 141 cm³/mol. The quantitative estimate of drug-likeness (QED) is 0.218. The summed E-state index contributed by atoms with van der Waals surface area (Å²) in [7, 11) is 3.06. The van der Waals surface area contributed by atoms with Gasteiger partial charge < -0.3 is 19.5 Å². The smallest absolute Gasteiger partial charge is 0.266 e. The van der Waals surface area contributed by atoms with Gasteiger partial charge in [0.2, 0.25) is 0 Å². The van der Waals surface area contributed by atoms with Gasteiger partial charge in [-0.15, -0.1) is 0 Å². The number of rotatable bonds is 8. The van der Waals surface area contributed by atoms with Gasteiger partial charge in [-0.25, -0.2) is 0 Å². The maximum atomic E-state index is 12.7. The number of amides is 1. The van der Waals surface area contributed by atoms with Crippen molar-refractivity contribution in [3.05, 3.63) is 101 Å². The number of carbonyl (C=O) groups is 1. The summed E-state index contributed by atoms with van der Waals surface area (Å²) in [5.74, 6) is 0.884. The molecule has 0 aromatic heterocycles. The van der Waals surface area contributed by atoms with Crippen LogP contribution in [0.2, 0.25) is 5.02 Å². The van der Waals surface area contributed by atoms with Crippen LogP contribution in [0.4, 0.5) is 5.69 Å². The molecule has 0 aliphatic carbocycles. The first-order valence-corrected chi connectivity index (χ1v) is 11.4. The molecule has 36 heavy (non-hydrogen) atoms. The Morgan fingerprint density at radius 2 is 1.75 bits per heavy atom. The van der Waals surface area contributed by atoms with Crippen LogP contribution in [-0.4, -0.2) is 20.1 Å². The highest BCUT2D eigenvalue weighted by Gasteiger charge is 2.15. The summed E-state index contributed by atoms with van der Waals surface area (Å²) >= 11 is 6.53. The first kappa shape index (κ1) is 24.6. The molecular weight excluding hydrogens is 476 g/mol. The number of fused-ring (bicyclic) bond motifs is 1. The van der Waals surface area contributed by atoms with Gasteiger partial charge in [-0.1, -0.05) is 54.1 Å². The van der Waals surface area contributed by atoms with Gasteiger partial charge in [-0.3, -0.25) is 4.79 Å². The minimum Gasteiger partial charge on any atom is -0.497 e. The largest absolute Gasteiger partial charge is 0.497 e. The number of nitriles is 1. The Hall–Kier alpha value is -4.47. The van der Waals surface area contributed by atoms with E-state index in [9.17, 15) is 10.1 Å². The number of benzene rings is 4. The second-order valence-corrected chi connectivity index (χ2v) is 8.22. The van der Waals surface area contributed by atoms with Crippen molar-refractivity contribution in [3.8, 4) is 23.3 Å². The Morgan fingerprint density at radius 3 is 2.47 bits per heavy atom. The summed E-state index contributed by atoms with van der Waals surface area (Å²) in [6.45, 7) is 0.292. The van der Waals surface area contributed by atoms with Gasteiger partial charge in [0.25, 0.3) is 5.91 Å². The fourth-order valence-corrected chi connectivity index (χ4v) is 3.99. The Bertz CT molecular complexity index is 1470. The maximum absolute atomic E-state index is 12.7. The van der Waals surface area contributed by atoms with Crippen molar-refractivity contribution in [1.82, 2.24) is 0 Å². The van der Waals surface area contributed by atoms with Crippen LogP contribution in [0.25, 0.3) is 16.8 Å². The van der Waals surface area contributed by atoms with Crippen LogP contribution in [0.15, 0.2) is 84.4 Å². The van der Waals surface area contributed by atoms with Crippen molar-refractivity contribution < 1.29 is 19.0 Å². The molecule has 0 radical (unpaired) electrons. The fourth-order valence-electron chi connectivity index (χ4n) is 3.72. The van der Waals surface area contributed by atoms with E-state index in [1.807, 2.05) is 48.5 Å². The highest BCUT2D eigenvalue weighted by Crippen LogP contribution is 2.38. The van der Waals surface area contributed by atoms with E-state index in [0.717, 1.165) is 16.3 Å². The minimum atomic E-state index is -0.547. The van der Waals surface area contributed by atoms with Gasteiger partial charge in [0, 0.05) is 5.69 Å². The molecule has 0 fully saturated rings. The predicted octanol–water partition coefficient (Wildman–Crippen LogP) is 6.64. The summed E-state index contributed by atoms with van der Waals surface area (Å²) in [6.07, 6.45) is 1.45. The monoisotopic (exact) mass is 498 g/mol. The summed E-state index contributed by atoms with van der Waals surface area (Å²) in [5, 5.41) is 14.8. The molecule has 0 saturated carbocycles. The molecule has 0 aliphatic rings. The van der Waals surface area contributed by atoms with Crippen LogP contribution >= 0.6 is 11.6 Å². The maximum Gasteiger partial charge on any atom is 0.266 e. The number of nitrogens with one attached hydrogen (secondary N) is 1. The lowest BCUT2D eigenvalue weighted by molar-refractivity contribution is -0.112. The Kier molecular flexibility index (Phi) is 7.74. The summed E-state index contributed by atoms with van der Waals surface area (Å²) < 4.78 is 16.7. The van der Waals surface area contributed by atoms with Crippen LogP contribution in [0.3, 0.4) is 0 Å². The van der Waals surface area contributed by atoms with E-state index in [-0.39, 0.29) is 5.57 Å². The second-order valence-electron chi connectivity index (χ2n) is 7.81. The second kappa shape index (κ2) is 11.3. The van der Waals surface area contributed by atoms with Gasteiger partial charge >= 0.3 is 0 Å². The van der Waals surface area contributed by atoms with Crippen molar-refractivity contribution in [2.45, 2.75) is 6.61 Å². The van der Waals surface area contributed by atoms with E-state index in [0.29, 0.717) is 40.1 Å². The normalized spacial score (nSPS) is 11.0. The van der Waals surface area contributed by atoms with Crippen molar-refractivity contribution in [2.75, 3.05) is 19.5 Å². The first-order chi connectivity index (χ1) is 17.5. The molecular formula is C29H23ClN2O4. The standard InChI is InChI=1S/C29H23ClN2O4/c1-34-24-12-10-23(11-13-24)32-29(33)22(17-31)14-19-15-26(30)28(27(16-19)35-2)36-18-21-8-5-7-20-6-3-4-9-25(20)21/h3-16H,18H2,1-2H3,(H,32,33)/b22-14-. The molecule has 1 amide bonds. The lowest BCUT2D eigenvalue weighted by Crippen LogP contribution is -2.13. The molecule has 4 aromatic rings. The van der Waals surface area contributed by atoms with Crippen LogP contribution in [0, 0.1) is 11.3 Å². The average molecular weight is 499 g/mol. The number of hydrogen-bond donors (Lipinski definition) is 1. The van der Waals surface area contributed by atoms with Crippen molar-refractivity contribution in [2.24, 2.45) is 0 Å². The molecule has 4 rings (SSSR count). The summed E-state index contributed by atoms with van der Waals surface area (Å²) in [5.41, 5.74) is 1.98. The molecule has 0 heterocycles. The van der Waals surface area contributed by atoms with E-state index >= 15 is 0 Å². The Morgan fingerprint density at radius 1 is 1.00 bits per heavy atom. The van der Waals surface area contributed by atoms with Crippen molar-refractivity contribution >= 4 is 40.0 Å². The molecule has 0 spiro atoms. The topological polar surface area (TPSA) is 80.6 Å². The Labute approximate surface area is 214 Å². The van der Waals surface area contributed by atoms with Crippen molar-refractivity contribution in [1.29, 1.82) is 5.26 Å². The van der Waals surface area contributed by atoms with E-state index in [2.05, 4.69) is 5.32 Å². The molecule has 1 N–H and O–H groups in total. The zero-order valence-corrected chi connectivity index (χ0v) is 20.5. The third-order valence-corrected chi connectivity index (χ3v) is 5.81. The van der Waals surface area contributed by atoms with Gasteiger partial charge in [-0.05, 0) is 64.4 Å². The van der Waals surface area contributed by atoms with Gasteiger partial charge in [0.05, 0.1) is 19.2 Å². The Balaban J connectivity index is 1.55. The SMILES string of the molecule is COc1ccc(NC(=O)/C(C#N)=C\c2cc(Cl)c(OCc3cccc4ccccc34)c(OC)c2)cc1. The minimum absolute atomic E-state index is 0.0895. The van der Waals surface area contributed by atoms with Gasteiger partial charge in [-0.2, -0.15) is 5.26 Å².